The fourth-order valence-corrected chi connectivity index (χ4v) is 0.134. The van der Waals surface area contributed by atoms with Crippen LogP contribution in [-0.4, -0.2) is 17.1 Å². The summed E-state index contributed by atoms with van der Waals surface area (Å²) in [6, 6.07) is 0. The summed E-state index contributed by atoms with van der Waals surface area (Å²) in [6.07, 6.45) is 3.93. The molecule has 0 aliphatic rings. The van der Waals surface area contributed by atoms with Crippen LogP contribution in [0.2, 0.25) is 0 Å². The van der Waals surface area contributed by atoms with Gasteiger partial charge in [0.2, 0.25) is 0 Å². The molecule has 0 bridgehead atoms. The molecule has 0 rings (SSSR count). The molecule has 6 heavy (non-hydrogen) atoms. The molecule has 0 spiro atoms. The van der Waals surface area contributed by atoms with Crippen molar-refractivity contribution in [2.24, 2.45) is 0 Å². The van der Waals surface area contributed by atoms with Crippen molar-refractivity contribution in [1.82, 2.24) is 0 Å². The number of alkyl halides is 1. The van der Waals surface area contributed by atoms with Gasteiger partial charge in [-0.2, -0.15) is 0 Å². The van der Waals surface area contributed by atoms with E-state index in [-0.39, 0.29) is 5.88 Å². The fraction of sp³-hybridized carbons (Fsp3) is 0.500. The van der Waals surface area contributed by atoms with Gasteiger partial charge in [-0.3, -0.25) is 0 Å². The Morgan fingerprint density at radius 2 is 2.50 bits per heavy atom. The number of aliphatic hydroxyl groups is 1. The van der Waals surface area contributed by atoms with Crippen molar-refractivity contribution < 1.29 is 5.11 Å². The highest BCUT2D eigenvalue weighted by molar-refractivity contribution is 6.18. The highest BCUT2D eigenvalue weighted by Gasteiger charge is 1.88. The Kier molecular flexibility index (Phi) is 2.92. The number of terminal acetylenes is 1. The number of hydrogen-bond donors (Lipinski definition) is 1. The van der Waals surface area contributed by atoms with Crippen LogP contribution in [0.15, 0.2) is 0 Å². The average molecular weight is 105 g/mol. The Bertz CT molecular complexity index is 64.4. The standard InChI is InChI=1S/C4H5ClO/c1-2-4(6)3-5/h1,4,6H,3H2. The van der Waals surface area contributed by atoms with Gasteiger partial charge in [0.05, 0.1) is 5.88 Å². The van der Waals surface area contributed by atoms with Crippen LogP contribution in [-0.2, 0) is 0 Å². The van der Waals surface area contributed by atoms with E-state index in [1.807, 2.05) is 5.92 Å². The minimum Gasteiger partial charge on any atom is -0.379 e. The van der Waals surface area contributed by atoms with Gasteiger partial charge in [0, 0.05) is 0 Å². The van der Waals surface area contributed by atoms with Crippen molar-refractivity contribution in [3.05, 3.63) is 0 Å². The summed E-state index contributed by atoms with van der Waals surface area (Å²) in [4.78, 5) is 0. The molecular formula is C4H5ClO. The number of aliphatic hydroxyl groups excluding tert-OH is 1. The Hall–Kier alpha value is -0.190. The summed E-state index contributed by atoms with van der Waals surface area (Å²) in [5.41, 5.74) is 0. The summed E-state index contributed by atoms with van der Waals surface area (Å²) >= 11 is 5.06. The maximum absolute atomic E-state index is 8.30. The molecular weight excluding hydrogens is 99.5 g/mol. The van der Waals surface area contributed by atoms with Crippen molar-refractivity contribution in [1.29, 1.82) is 0 Å². The predicted molar refractivity (Wildman–Crippen MR) is 25.6 cm³/mol. The molecule has 34 valence electrons. The Morgan fingerprint density at radius 1 is 2.00 bits per heavy atom. The Morgan fingerprint density at radius 3 is 2.50 bits per heavy atom. The third kappa shape index (κ3) is 2.07. The second-order valence-corrected chi connectivity index (χ2v) is 1.15. The molecule has 0 aromatic heterocycles. The maximum atomic E-state index is 8.30. The minimum absolute atomic E-state index is 0.122. The molecule has 0 aromatic rings. The monoisotopic (exact) mass is 104 g/mol. The molecule has 1 nitrogen and oxygen atoms in total. The molecule has 0 aromatic carbocycles. The lowest BCUT2D eigenvalue weighted by molar-refractivity contribution is 0.257. The van der Waals surface area contributed by atoms with E-state index in [4.69, 9.17) is 23.1 Å². The van der Waals surface area contributed by atoms with Crippen LogP contribution in [0.5, 0.6) is 0 Å². The first kappa shape index (κ1) is 5.81. The van der Waals surface area contributed by atoms with Crippen molar-refractivity contribution in [2.45, 2.75) is 6.10 Å². The molecule has 1 N–H and O–H groups in total. The summed E-state index contributed by atoms with van der Waals surface area (Å²) in [5.74, 6) is 2.16. The molecule has 0 fully saturated rings. The highest BCUT2D eigenvalue weighted by Crippen LogP contribution is 1.80. The summed E-state index contributed by atoms with van der Waals surface area (Å²) in [5, 5.41) is 8.30. The van der Waals surface area contributed by atoms with E-state index in [0.717, 1.165) is 0 Å². The fourth-order valence-electron chi connectivity index (χ4n) is 0.0445. The normalized spacial score (nSPS) is 12.8. The van der Waals surface area contributed by atoms with E-state index in [9.17, 15) is 0 Å². The first-order valence-electron chi connectivity index (χ1n) is 1.51. The van der Waals surface area contributed by atoms with Gasteiger partial charge in [0.25, 0.3) is 0 Å². The molecule has 0 radical (unpaired) electrons. The van der Waals surface area contributed by atoms with Crippen LogP contribution in [0, 0.1) is 12.3 Å². The van der Waals surface area contributed by atoms with Gasteiger partial charge < -0.3 is 5.11 Å². The number of halogens is 1. The molecule has 0 aliphatic carbocycles. The van der Waals surface area contributed by atoms with Crippen LogP contribution in [0.1, 0.15) is 0 Å². The lowest BCUT2D eigenvalue weighted by Gasteiger charge is -1.88. The number of rotatable bonds is 1. The van der Waals surface area contributed by atoms with Gasteiger partial charge in [-0.05, 0) is 0 Å². The van der Waals surface area contributed by atoms with Crippen LogP contribution < -0.4 is 0 Å². The molecule has 1 unspecified atom stereocenters. The van der Waals surface area contributed by atoms with Gasteiger partial charge >= 0.3 is 0 Å². The summed E-state index contributed by atoms with van der Waals surface area (Å²) in [6.45, 7) is 0. The maximum Gasteiger partial charge on any atom is 0.127 e. The van der Waals surface area contributed by atoms with Gasteiger partial charge in [-0.15, -0.1) is 18.0 Å². The topological polar surface area (TPSA) is 20.2 Å². The van der Waals surface area contributed by atoms with E-state index in [1.54, 1.807) is 0 Å². The van der Waals surface area contributed by atoms with Crippen LogP contribution in [0.25, 0.3) is 0 Å². The smallest absolute Gasteiger partial charge is 0.127 e. The molecule has 0 amide bonds. The largest absolute Gasteiger partial charge is 0.379 e. The van der Waals surface area contributed by atoms with Crippen LogP contribution in [0.3, 0.4) is 0 Å². The minimum atomic E-state index is -0.772. The van der Waals surface area contributed by atoms with Gasteiger partial charge in [-0.1, -0.05) is 5.92 Å². The van der Waals surface area contributed by atoms with Crippen molar-refractivity contribution in [3.8, 4) is 12.3 Å². The van der Waals surface area contributed by atoms with Gasteiger partial charge in [0.1, 0.15) is 6.10 Å². The molecule has 0 saturated heterocycles. The second kappa shape index (κ2) is 3.02. The molecule has 0 saturated carbocycles. The van der Waals surface area contributed by atoms with Gasteiger partial charge in [-0.25, -0.2) is 0 Å². The first-order valence-corrected chi connectivity index (χ1v) is 2.05. The third-order valence-corrected chi connectivity index (χ3v) is 0.631. The van der Waals surface area contributed by atoms with E-state index in [1.165, 1.54) is 0 Å². The first-order chi connectivity index (χ1) is 2.81. The highest BCUT2D eigenvalue weighted by atomic mass is 35.5. The van der Waals surface area contributed by atoms with E-state index < -0.39 is 6.10 Å². The van der Waals surface area contributed by atoms with Crippen molar-refractivity contribution in [3.63, 3.8) is 0 Å². The number of hydrogen-bond acceptors (Lipinski definition) is 1. The molecule has 0 aliphatic heterocycles. The van der Waals surface area contributed by atoms with Crippen LogP contribution >= 0.6 is 11.6 Å². The van der Waals surface area contributed by atoms with E-state index >= 15 is 0 Å². The van der Waals surface area contributed by atoms with Crippen molar-refractivity contribution >= 4 is 11.6 Å². The zero-order valence-electron chi connectivity index (χ0n) is 3.19. The molecule has 1 atom stereocenters. The quantitative estimate of drug-likeness (QED) is 0.373. The van der Waals surface area contributed by atoms with Crippen molar-refractivity contribution in [2.75, 3.05) is 5.88 Å². The lowest BCUT2D eigenvalue weighted by atomic mass is 10.4. The average Bonchev–Trinajstić information content (AvgIpc) is 1.65. The van der Waals surface area contributed by atoms with E-state index in [0.29, 0.717) is 0 Å². The van der Waals surface area contributed by atoms with Gasteiger partial charge in [0.15, 0.2) is 0 Å². The molecule has 2 heteroatoms. The lowest BCUT2D eigenvalue weighted by Crippen LogP contribution is -2.02. The van der Waals surface area contributed by atoms with Crippen LogP contribution in [0.4, 0.5) is 0 Å². The predicted octanol–water partition coefficient (Wildman–Crippen LogP) is 0.219. The third-order valence-electron chi connectivity index (χ3n) is 0.339. The zero-order valence-corrected chi connectivity index (χ0v) is 3.94. The SMILES string of the molecule is C#CC(O)CCl. The summed E-state index contributed by atoms with van der Waals surface area (Å²) < 4.78 is 0. The summed E-state index contributed by atoms with van der Waals surface area (Å²) in [7, 11) is 0. The van der Waals surface area contributed by atoms with E-state index in [2.05, 4.69) is 0 Å². The Labute approximate surface area is 41.9 Å². The molecule has 0 heterocycles. The second-order valence-electron chi connectivity index (χ2n) is 0.837. The zero-order chi connectivity index (χ0) is 4.99. The Balaban J connectivity index is 3.04.